The summed E-state index contributed by atoms with van der Waals surface area (Å²) in [6.07, 6.45) is 4.30. The normalized spacial score (nSPS) is 23.2. The van der Waals surface area contributed by atoms with E-state index in [9.17, 15) is 22.8 Å². The van der Waals surface area contributed by atoms with Crippen LogP contribution in [-0.2, 0) is 29.2 Å². The Labute approximate surface area is 233 Å². The largest absolute Gasteiger partial charge is 0.355 e. The van der Waals surface area contributed by atoms with Crippen LogP contribution in [0.5, 0.6) is 0 Å². The van der Waals surface area contributed by atoms with Crippen molar-refractivity contribution in [2.24, 2.45) is 0 Å². The van der Waals surface area contributed by atoms with Crippen LogP contribution < -0.4 is 0 Å². The number of hydroxylamine groups is 1. The third-order valence-corrected chi connectivity index (χ3v) is 9.97. The number of fused-ring (bicyclic) bond motifs is 1. The molecule has 0 spiro atoms. The molecule has 3 fully saturated rings. The molecule has 3 aliphatic rings. The highest BCUT2D eigenvalue weighted by Crippen LogP contribution is 2.30. The molecule has 0 bridgehead atoms. The summed E-state index contributed by atoms with van der Waals surface area (Å²) in [5.74, 6) is -0.700. The number of sulfonamides is 1. The van der Waals surface area contributed by atoms with Crippen LogP contribution in [0.3, 0.4) is 0 Å². The van der Waals surface area contributed by atoms with Gasteiger partial charge in [-0.1, -0.05) is 23.7 Å². The molecule has 2 amide bonds. The molecule has 3 atom stereocenters. The topological polar surface area (TPSA) is 108 Å². The smallest absolute Gasteiger partial charge is 0.314 e. The molecular formula is C27H33ClN4O6S. The van der Waals surface area contributed by atoms with Crippen molar-refractivity contribution in [2.45, 2.75) is 62.0 Å². The maximum absolute atomic E-state index is 13.6. The second kappa shape index (κ2) is 11.4. The first-order valence-electron chi connectivity index (χ1n) is 13.4. The summed E-state index contributed by atoms with van der Waals surface area (Å²) in [6, 6.07) is 7.56. The number of carbonyl (C=O) groups is 3. The highest BCUT2D eigenvalue weighted by Gasteiger charge is 2.47. The Hall–Kier alpha value is -2.73. The minimum atomic E-state index is -4.39. The Morgan fingerprint density at radius 1 is 1.08 bits per heavy atom. The summed E-state index contributed by atoms with van der Waals surface area (Å²) in [4.78, 5) is 48.8. The number of nitrogens with zero attached hydrogens (tertiary/aromatic N) is 4. The molecule has 39 heavy (non-hydrogen) atoms. The van der Waals surface area contributed by atoms with Crippen molar-refractivity contribution < 1.29 is 27.6 Å². The van der Waals surface area contributed by atoms with Crippen LogP contribution in [-0.4, -0.2) is 96.7 Å². The van der Waals surface area contributed by atoms with Gasteiger partial charge < -0.3 is 19.5 Å². The third-order valence-electron chi connectivity index (χ3n) is 8.07. The van der Waals surface area contributed by atoms with Crippen LogP contribution in [0.2, 0.25) is 5.02 Å². The van der Waals surface area contributed by atoms with Crippen LogP contribution in [0.4, 0.5) is 0 Å². The van der Waals surface area contributed by atoms with Gasteiger partial charge >= 0.3 is 6.47 Å². The second-order valence-corrected chi connectivity index (χ2v) is 12.7. The Kier molecular flexibility index (Phi) is 8.14. The monoisotopic (exact) mass is 576 g/mol. The summed E-state index contributed by atoms with van der Waals surface area (Å²) in [7, 11) is -4.39. The molecular weight excluding hydrogens is 544 g/mol. The first-order valence-corrected chi connectivity index (χ1v) is 15.2. The van der Waals surface area contributed by atoms with E-state index in [0.717, 1.165) is 37.9 Å². The standard InChI is InChI=1S/C27H33ClN4O6S/c1-19(26(34)31-13-4-5-23(31)17-29-11-2-3-12-29)30-14-10-25(27(30)35)32(38-18-33)39(36,37)24-9-7-20-15-22(28)8-6-21(20)16-24/h6-9,15-16,18-19,23,25H,2-5,10-14,17H2,1H3/t19-,23-,25+/m0/s1. The van der Waals surface area contributed by atoms with Crippen molar-refractivity contribution in [2.75, 3.05) is 32.7 Å². The zero-order valence-corrected chi connectivity index (χ0v) is 23.4. The summed E-state index contributed by atoms with van der Waals surface area (Å²) in [6.45, 7) is 5.43. The van der Waals surface area contributed by atoms with Gasteiger partial charge in [0.05, 0.1) is 4.90 Å². The van der Waals surface area contributed by atoms with Gasteiger partial charge in [0.25, 0.3) is 10.0 Å². The highest BCUT2D eigenvalue weighted by atomic mass is 35.5. The summed E-state index contributed by atoms with van der Waals surface area (Å²) in [5, 5.41) is 1.88. The van der Waals surface area contributed by atoms with Gasteiger partial charge in [0.2, 0.25) is 11.8 Å². The van der Waals surface area contributed by atoms with Crippen LogP contribution in [0.15, 0.2) is 41.3 Å². The molecule has 0 saturated carbocycles. The summed E-state index contributed by atoms with van der Waals surface area (Å²) in [5.41, 5.74) is 0. The number of rotatable bonds is 9. The van der Waals surface area contributed by atoms with Gasteiger partial charge in [-0.05, 0) is 91.6 Å². The SMILES string of the molecule is C[C@@H](C(=O)N1CCC[C@H]1CN1CCCC1)N1CC[C@@H](N(OC=O)S(=O)(=O)c2ccc3cc(Cl)ccc3c2)C1=O. The third kappa shape index (κ3) is 5.50. The second-order valence-electron chi connectivity index (χ2n) is 10.5. The molecule has 5 rings (SSSR count). The van der Waals surface area contributed by atoms with Crippen molar-refractivity contribution in [3.8, 4) is 0 Å². The molecule has 0 unspecified atom stereocenters. The van der Waals surface area contributed by atoms with Gasteiger partial charge in [-0.15, -0.1) is 0 Å². The van der Waals surface area contributed by atoms with E-state index in [1.54, 1.807) is 31.2 Å². The Morgan fingerprint density at radius 2 is 1.79 bits per heavy atom. The zero-order valence-electron chi connectivity index (χ0n) is 21.9. The van der Waals surface area contributed by atoms with Crippen LogP contribution in [0.25, 0.3) is 10.8 Å². The lowest BCUT2D eigenvalue weighted by molar-refractivity contribution is -0.163. The number of likely N-dealkylation sites (tertiary alicyclic amines) is 3. The number of amides is 2. The molecule has 10 nitrogen and oxygen atoms in total. The fourth-order valence-corrected chi connectivity index (χ4v) is 7.60. The van der Waals surface area contributed by atoms with Gasteiger partial charge in [-0.2, -0.15) is 0 Å². The lowest BCUT2D eigenvalue weighted by atomic mass is 10.1. The van der Waals surface area contributed by atoms with Crippen molar-refractivity contribution in [3.63, 3.8) is 0 Å². The van der Waals surface area contributed by atoms with Gasteiger partial charge in [-0.3, -0.25) is 14.4 Å². The number of hydrogen-bond donors (Lipinski definition) is 0. The molecule has 3 heterocycles. The van der Waals surface area contributed by atoms with E-state index in [1.165, 1.54) is 29.9 Å². The molecule has 0 aromatic heterocycles. The summed E-state index contributed by atoms with van der Waals surface area (Å²) >= 11 is 6.03. The minimum Gasteiger partial charge on any atom is -0.355 e. The van der Waals surface area contributed by atoms with Gasteiger partial charge in [0, 0.05) is 30.7 Å². The van der Waals surface area contributed by atoms with Crippen LogP contribution >= 0.6 is 11.6 Å². The van der Waals surface area contributed by atoms with Crippen LogP contribution in [0, 0.1) is 0 Å². The molecule has 0 radical (unpaired) electrons. The van der Waals surface area contributed by atoms with Gasteiger partial charge in [-0.25, -0.2) is 8.42 Å². The Morgan fingerprint density at radius 3 is 2.54 bits per heavy atom. The predicted molar refractivity (Wildman–Crippen MR) is 145 cm³/mol. The highest BCUT2D eigenvalue weighted by molar-refractivity contribution is 7.89. The fraction of sp³-hybridized carbons (Fsp3) is 0.519. The van der Waals surface area contributed by atoms with Crippen LogP contribution in [0.1, 0.15) is 39.0 Å². The van der Waals surface area contributed by atoms with Crippen molar-refractivity contribution >= 4 is 50.7 Å². The van der Waals surface area contributed by atoms with Crippen molar-refractivity contribution in [1.82, 2.24) is 19.2 Å². The van der Waals surface area contributed by atoms with E-state index in [4.69, 9.17) is 16.4 Å². The lowest BCUT2D eigenvalue weighted by Crippen LogP contribution is -2.53. The van der Waals surface area contributed by atoms with E-state index in [-0.39, 0.29) is 36.3 Å². The maximum atomic E-state index is 13.6. The molecule has 12 heteroatoms. The Bertz CT molecular complexity index is 1370. The van der Waals surface area contributed by atoms with Crippen molar-refractivity contribution in [1.29, 1.82) is 0 Å². The Balaban J connectivity index is 1.32. The first kappa shape index (κ1) is 27.8. The number of hydrogen-bond acceptors (Lipinski definition) is 7. The molecule has 210 valence electrons. The summed E-state index contributed by atoms with van der Waals surface area (Å²) < 4.78 is 27.6. The van der Waals surface area contributed by atoms with E-state index in [0.29, 0.717) is 21.4 Å². The lowest BCUT2D eigenvalue weighted by Gasteiger charge is -2.33. The zero-order chi connectivity index (χ0) is 27.7. The van der Waals surface area contributed by atoms with E-state index in [2.05, 4.69) is 4.90 Å². The maximum Gasteiger partial charge on any atom is 0.314 e. The van der Waals surface area contributed by atoms with E-state index < -0.39 is 28.0 Å². The predicted octanol–water partition coefficient (Wildman–Crippen LogP) is 2.65. The minimum absolute atomic E-state index is 0.00389. The quantitative estimate of drug-likeness (QED) is 0.334. The fourth-order valence-electron chi connectivity index (χ4n) is 6.02. The number of halogens is 1. The molecule has 2 aromatic carbocycles. The average molecular weight is 577 g/mol. The van der Waals surface area contributed by atoms with E-state index in [1.807, 2.05) is 4.90 Å². The number of benzene rings is 2. The van der Waals surface area contributed by atoms with Gasteiger partial charge in [0.1, 0.15) is 12.1 Å². The number of carbonyl (C=O) groups excluding carboxylic acids is 3. The first-order chi connectivity index (χ1) is 18.7. The molecule has 2 aromatic rings. The molecule has 0 aliphatic carbocycles. The molecule has 0 N–H and O–H groups in total. The molecule has 3 saturated heterocycles. The van der Waals surface area contributed by atoms with E-state index >= 15 is 0 Å². The average Bonchev–Trinajstić information content (AvgIpc) is 3.68. The van der Waals surface area contributed by atoms with Gasteiger partial charge in [0.15, 0.2) is 0 Å². The van der Waals surface area contributed by atoms with Crippen molar-refractivity contribution in [3.05, 3.63) is 41.4 Å². The molecule has 3 aliphatic heterocycles.